The average Bonchev–Trinajstić information content (AvgIpc) is 3.98. The maximum atomic E-state index is 13.9. The Bertz CT molecular complexity index is 2260. The third kappa shape index (κ3) is 6.17. The Morgan fingerprint density at radius 2 is 1.87 bits per heavy atom. The number of benzene rings is 3. The number of carbonyl (C=O) groups excluding carboxylic acids is 2. The van der Waals surface area contributed by atoms with E-state index >= 15 is 0 Å². The topological polar surface area (TPSA) is 175 Å². The Balaban J connectivity index is 1.07. The first-order valence-electron chi connectivity index (χ1n) is 18.5. The summed E-state index contributed by atoms with van der Waals surface area (Å²) in [6.07, 6.45) is 2.39. The third-order valence-corrected chi connectivity index (χ3v) is 11.3. The van der Waals surface area contributed by atoms with Crippen molar-refractivity contribution in [1.82, 2.24) is 35.1 Å². The number of imidazole rings is 2. The van der Waals surface area contributed by atoms with Crippen LogP contribution in [0, 0.1) is 11.8 Å². The number of alkyl carbamates (subject to hydrolysis) is 1. The number of fused-ring (bicyclic) bond motifs is 6. The minimum absolute atomic E-state index is 0.0204. The van der Waals surface area contributed by atoms with E-state index in [2.05, 4.69) is 56.7 Å². The van der Waals surface area contributed by atoms with Gasteiger partial charge in [-0.1, -0.05) is 32.0 Å². The van der Waals surface area contributed by atoms with Crippen molar-refractivity contribution in [3.8, 4) is 28.1 Å². The van der Waals surface area contributed by atoms with E-state index in [1.165, 1.54) is 12.0 Å². The van der Waals surface area contributed by atoms with Gasteiger partial charge in [0.15, 0.2) is 0 Å². The molecule has 0 radical (unpaired) electrons. The minimum atomic E-state index is -0.963. The number of nitrogens with zero attached hydrogens (tertiary/aromatic N) is 4. The summed E-state index contributed by atoms with van der Waals surface area (Å²) in [4.78, 5) is 57.9. The number of aromatic amines is 2. The molecular formula is C40H45N7O7. The Morgan fingerprint density at radius 3 is 2.63 bits per heavy atom. The molecule has 0 aliphatic carbocycles. The average molecular weight is 736 g/mol. The number of likely N-dealkylation sites (tertiary alicyclic amines) is 2. The molecule has 0 saturated carbocycles. The third-order valence-electron chi connectivity index (χ3n) is 11.3. The first-order valence-corrected chi connectivity index (χ1v) is 18.5. The number of hydrogen-bond donors (Lipinski definition) is 4. The number of rotatable bonds is 8. The molecule has 4 N–H and O–H groups in total. The normalized spacial score (nSPS) is 21.3. The van der Waals surface area contributed by atoms with Crippen LogP contribution in [-0.2, 0) is 20.9 Å². The molecule has 14 nitrogen and oxygen atoms in total. The molecule has 5 atom stereocenters. The van der Waals surface area contributed by atoms with Crippen LogP contribution in [-0.4, -0.2) is 92.4 Å². The SMILES string of the molecule is COC[C@H]1C[C@@H](c2ncc(-c3ccc4c(c3)COc3cc5c(ccc6[nH]c([C@@H]7CC[C@H](C)N7C(=O)[C@@H](NC(=O)OC)C(C)C)nc65)cc3-4)[nH]2)N(C(=O)O)C1. The Kier molecular flexibility index (Phi) is 9.16. The van der Waals surface area contributed by atoms with Crippen molar-refractivity contribution in [2.45, 2.75) is 70.8 Å². The van der Waals surface area contributed by atoms with E-state index < -0.39 is 18.2 Å². The van der Waals surface area contributed by atoms with Crippen LogP contribution in [0.15, 0.2) is 48.7 Å². The predicted molar refractivity (Wildman–Crippen MR) is 201 cm³/mol. The molecule has 0 unspecified atom stereocenters. The Labute approximate surface area is 312 Å². The number of carboxylic acid groups (broad SMARTS) is 1. The van der Waals surface area contributed by atoms with Crippen LogP contribution in [0.3, 0.4) is 0 Å². The number of ether oxygens (including phenoxy) is 3. The zero-order chi connectivity index (χ0) is 37.8. The van der Waals surface area contributed by atoms with E-state index in [4.69, 9.17) is 19.2 Å². The van der Waals surface area contributed by atoms with Gasteiger partial charge in [0, 0.05) is 36.6 Å². The molecule has 5 heterocycles. The van der Waals surface area contributed by atoms with Gasteiger partial charge in [-0.25, -0.2) is 19.6 Å². The zero-order valence-corrected chi connectivity index (χ0v) is 31.0. The van der Waals surface area contributed by atoms with Crippen LogP contribution in [0.25, 0.3) is 44.2 Å². The summed E-state index contributed by atoms with van der Waals surface area (Å²) in [7, 11) is 2.92. The summed E-state index contributed by atoms with van der Waals surface area (Å²) in [5.74, 6) is 1.95. The molecule has 0 bridgehead atoms. The molecule has 3 amide bonds. The predicted octanol–water partition coefficient (Wildman–Crippen LogP) is 6.79. The molecule has 282 valence electrons. The molecule has 3 aliphatic heterocycles. The van der Waals surface area contributed by atoms with Crippen molar-refractivity contribution in [3.63, 3.8) is 0 Å². The van der Waals surface area contributed by atoms with Crippen molar-refractivity contribution >= 4 is 39.9 Å². The number of carbonyl (C=O) groups is 3. The summed E-state index contributed by atoms with van der Waals surface area (Å²) in [5, 5.41) is 14.5. The minimum Gasteiger partial charge on any atom is -0.488 e. The van der Waals surface area contributed by atoms with Gasteiger partial charge in [-0.3, -0.25) is 9.69 Å². The smallest absolute Gasteiger partial charge is 0.407 e. The second-order valence-electron chi connectivity index (χ2n) is 15.0. The Morgan fingerprint density at radius 1 is 1.04 bits per heavy atom. The molecule has 0 spiro atoms. The summed E-state index contributed by atoms with van der Waals surface area (Å²) < 4.78 is 16.5. The van der Waals surface area contributed by atoms with Gasteiger partial charge in [-0.05, 0) is 78.4 Å². The monoisotopic (exact) mass is 735 g/mol. The molecule has 2 fully saturated rings. The number of amides is 3. The molecule has 5 aromatic rings. The quantitative estimate of drug-likeness (QED) is 0.134. The lowest BCUT2D eigenvalue weighted by molar-refractivity contribution is -0.137. The summed E-state index contributed by atoms with van der Waals surface area (Å²) >= 11 is 0. The van der Waals surface area contributed by atoms with Crippen LogP contribution >= 0.6 is 0 Å². The largest absolute Gasteiger partial charge is 0.488 e. The lowest BCUT2D eigenvalue weighted by Gasteiger charge is -2.32. The molecule has 14 heteroatoms. The molecular weight excluding hydrogens is 690 g/mol. The number of aromatic nitrogens is 4. The number of nitrogens with one attached hydrogen (secondary N) is 3. The van der Waals surface area contributed by atoms with Crippen molar-refractivity contribution in [3.05, 3.63) is 65.9 Å². The molecule has 2 aromatic heterocycles. The molecule has 3 aliphatic rings. The van der Waals surface area contributed by atoms with Gasteiger partial charge < -0.3 is 39.5 Å². The van der Waals surface area contributed by atoms with Gasteiger partial charge in [0.25, 0.3) is 0 Å². The maximum Gasteiger partial charge on any atom is 0.407 e. The summed E-state index contributed by atoms with van der Waals surface area (Å²) in [6, 6.07) is 13.2. The van der Waals surface area contributed by atoms with Gasteiger partial charge in [0.05, 0.1) is 48.7 Å². The number of H-pyrrole nitrogens is 2. The highest BCUT2D eigenvalue weighted by Gasteiger charge is 2.42. The highest BCUT2D eigenvalue weighted by atomic mass is 16.5. The van der Waals surface area contributed by atoms with Crippen LogP contribution in [0.4, 0.5) is 9.59 Å². The van der Waals surface area contributed by atoms with Crippen molar-refractivity contribution in [2.75, 3.05) is 27.4 Å². The fraction of sp³-hybridized carbons (Fsp3) is 0.425. The first-order chi connectivity index (χ1) is 26.0. The summed E-state index contributed by atoms with van der Waals surface area (Å²) in [6.45, 7) is 7.14. The second kappa shape index (κ2) is 14.0. The van der Waals surface area contributed by atoms with Gasteiger partial charge in [0.1, 0.15) is 30.0 Å². The van der Waals surface area contributed by atoms with Crippen molar-refractivity contribution in [2.24, 2.45) is 11.8 Å². The van der Waals surface area contributed by atoms with Crippen LogP contribution in [0.1, 0.15) is 69.3 Å². The van der Waals surface area contributed by atoms with Crippen molar-refractivity contribution in [1.29, 1.82) is 0 Å². The van der Waals surface area contributed by atoms with E-state index in [-0.39, 0.29) is 35.9 Å². The van der Waals surface area contributed by atoms with Gasteiger partial charge in [-0.15, -0.1) is 0 Å². The van der Waals surface area contributed by atoms with Crippen LogP contribution in [0.5, 0.6) is 5.75 Å². The first kappa shape index (κ1) is 35.4. The van der Waals surface area contributed by atoms with Crippen LogP contribution < -0.4 is 10.1 Å². The molecule has 2 saturated heterocycles. The fourth-order valence-electron chi connectivity index (χ4n) is 8.52. The number of methoxy groups -OCH3 is 2. The molecule has 8 rings (SSSR count). The molecule has 3 aromatic carbocycles. The van der Waals surface area contributed by atoms with E-state index in [0.717, 1.165) is 68.3 Å². The van der Waals surface area contributed by atoms with Gasteiger partial charge in [0.2, 0.25) is 5.91 Å². The lowest BCUT2D eigenvalue weighted by Crippen LogP contribution is -2.52. The second-order valence-corrected chi connectivity index (χ2v) is 15.0. The van der Waals surface area contributed by atoms with E-state index in [1.54, 1.807) is 13.3 Å². The van der Waals surface area contributed by atoms with Crippen LogP contribution in [0.2, 0.25) is 0 Å². The maximum absolute atomic E-state index is 13.9. The lowest BCUT2D eigenvalue weighted by atomic mass is 9.92. The highest BCUT2D eigenvalue weighted by molar-refractivity contribution is 6.07. The fourth-order valence-corrected chi connectivity index (χ4v) is 8.52. The van der Waals surface area contributed by atoms with Crippen molar-refractivity contribution < 1.29 is 33.7 Å². The van der Waals surface area contributed by atoms with Gasteiger partial charge >= 0.3 is 12.2 Å². The Hall–Kier alpha value is -5.63. The van der Waals surface area contributed by atoms with E-state index in [0.29, 0.717) is 37.8 Å². The van der Waals surface area contributed by atoms with E-state index in [1.807, 2.05) is 31.7 Å². The van der Waals surface area contributed by atoms with E-state index in [9.17, 15) is 19.5 Å². The molecule has 54 heavy (non-hydrogen) atoms. The zero-order valence-electron chi connectivity index (χ0n) is 31.0. The highest BCUT2D eigenvalue weighted by Crippen LogP contribution is 2.44. The summed E-state index contributed by atoms with van der Waals surface area (Å²) in [5.41, 5.74) is 6.53. The van der Waals surface area contributed by atoms with Gasteiger partial charge in [-0.2, -0.15) is 0 Å². The number of hydrogen-bond acceptors (Lipinski definition) is 8. The standard InChI is InChI=1S/C40H45N7O7/c1-20(2)34(45-39(49)53-5)38(48)47-21(3)6-11-31(47)37-42-29-10-8-23-14-28-26-9-7-24(13-25(26)19-54-33(28)15-27(23)35(29)44-37)30-16-41-36(43-30)32-12-22(18-52-4)17-46(32)40(50)51/h7-10,13-16,20-22,31-32,34H,6,11-12,17-19H2,1-5H3,(H,41,43)(H,42,44)(H,45,49)(H,50,51)/t21-,22-,31-,32-,34-/m0/s1.